The van der Waals surface area contributed by atoms with E-state index in [1.165, 1.54) is 77.7 Å². The van der Waals surface area contributed by atoms with E-state index in [9.17, 15) is 8.42 Å². The van der Waals surface area contributed by atoms with Crippen LogP contribution < -0.4 is 5.32 Å². The van der Waals surface area contributed by atoms with E-state index in [4.69, 9.17) is 4.55 Å². The van der Waals surface area contributed by atoms with Crippen LogP contribution in [-0.4, -0.2) is 32.7 Å². The number of rotatable bonds is 14. The molecule has 0 aliphatic rings. The molecule has 0 unspecified atom stereocenters. The van der Waals surface area contributed by atoms with E-state index in [2.05, 4.69) is 23.3 Å². The fraction of sp³-hybridized carbons (Fsp3) is 1.00. The van der Waals surface area contributed by atoms with Crippen LogP contribution in [0.2, 0.25) is 0 Å². The van der Waals surface area contributed by atoms with Crippen molar-refractivity contribution in [3.63, 3.8) is 0 Å². The molecule has 0 aromatic heterocycles. The lowest BCUT2D eigenvalue weighted by molar-refractivity contribution is 0.283. The summed E-state index contributed by atoms with van der Waals surface area (Å²) in [6, 6.07) is 0. The van der Waals surface area contributed by atoms with Crippen molar-refractivity contribution in [1.82, 2.24) is 5.32 Å². The van der Waals surface area contributed by atoms with Gasteiger partial charge in [0.05, 0.1) is 6.61 Å². The van der Waals surface area contributed by atoms with E-state index in [0.717, 1.165) is 6.54 Å². The third kappa shape index (κ3) is 28.1. The van der Waals surface area contributed by atoms with Crippen molar-refractivity contribution in [3.8, 4) is 0 Å². The van der Waals surface area contributed by atoms with Crippen LogP contribution in [0.4, 0.5) is 0 Å². The van der Waals surface area contributed by atoms with Crippen molar-refractivity contribution >= 4 is 10.4 Å². The highest BCUT2D eigenvalue weighted by Crippen LogP contribution is 2.10. The standard InChI is InChI=1S/C14H31N.C2H6O4S/c1-3-5-6-7-8-9-10-11-12-13-14-15-4-2;1-2-6-7(3,4)5/h15H,3-14H2,1-2H3;2H2,1H3,(H,3,4,5). The average Bonchev–Trinajstić information content (AvgIpc) is 2.44. The highest BCUT2D eigenvalue weighted by molar-refractivity contribution is 7.80. The molecule has 136 valence electrons. The minimum atomic E-state index is -4.17. The van der Waals surface area contributed by atoms with E-state index < -0.39 is 10.4 Å². The third-order valence-electron chi connectivity index (χ3n) is 3.22. The van der Waals surface area contributed by atoms with Crippen molar-refractivity contribution in [2.24, 2.45) is 0 Å². The van der Waals surface area contributed by atoms with Gasteiger partial charge in [0.1, 0.15) is 0 Å². The number of hydrogen-bond donors (Lipinski definition) is 2. The summed E-state index contributed by atoms with van der Waals surface area (Å²) < 4.78 is 30.7. The summed E-state index contributed by atoms with van der Waals surface area (Å²) in [5.74, 6) is 0. The summed E-state index contributed by atoms with van der Waals surface area (Å²) >= 11 is 0. The maximum absolute atomic E-state index is 9.56. The largest absolute Gasteiger partial charge is 0.397 e. The quantitative estimate of drug-likeness (QED) is 0.363. The second-order valence-electron chi connectivity index (χ2n) is 5.37. The summed E-state index contributed by atoms with van der Waals surface area (Å²) in [6.45, 7) is 8.23. The predicted molar refractivity (Wildman–Crippen MR) is 93.6 cm³/mol. The lowest BCUT2D eigenvalue weighted by Crippen LogP contribution is -2.13. The van der Waals surface area contributed by atoms with E-state index in [1.807, 2.05) is 0 Å². The van der Waals surface area contributed by atoms with Gasteiger partial charge in [0, 0.05) is 0 Å². The Balaban J connectivity index is 0. The molecule has 0 amide bonds. The Hall–Kier alpha value is -0.170. The Labute approximate surface area is 138 Å². The molecule has 22 heavy (non-hydrogen) atoms. The second-order valence-corrected chi connectivity index (χ2v) is 6.46. The Morgan fingerprint density at radius 2 is 1.27 bits per heavy atom. The number of hydrogen-bond acceptors (Lipinski definition) is 4. The van der Waals surface area contributed by atoms with E-state index in [-0.39, 0.29) is 6.61 Å². The van der Waals surface area contributed by atoms with Crippen LogP contribution in [0.1, 0.15) is 85.0 Å². The highest BCUT2D eigenvalue weighted by atomic mass is 32.3. The molecule has 0 aromatic carbocycles. The first-order valence-corrected chi connectivity index (χ1v) is 10.2. The molecule has 6 heteroatoms. The monoisotopic (exact) mass is 339 g/mol. The first-order valence-electron chi connectivity index (χ1n) is 8.80. The van der Waals surface area contributed by atoms with Crippen LogP contribution in [0, 0.1) is 0 Å². The molecule has 2 N–H and O–H groups in total. The topological polar surface area (TPSA) is 75.6 Å². The van der Waals surface area contributed by atoms with Crippen LogP contribution in [0.15, 0.2) is 0 Å². The molecular formula is C16H37NO4S. The molecule has 0 spiro atoms. The summed E-state index contributed by atoms with van der Waals surface area (Å²) in [5, 5.41) is 3.37. The van der Waals surface area contributed by atoms with Crippen LogP contribution >= 0.6 is 0 Å². The van der Waals surface area contributed by atoms with Crippen LogP contribution in [0.5, 0.6) is 0 Å². The molecule has 0 aromatic rings. The third-order valence-corrected chi connectivity index (χ3v) is 3.76. The molecule has 0 saturated carbocycles. The zero-order chi connectivity index (χ0) is 17.1. The summed E-state index contributed by atoms with van der Waals surface area (Å²) in [5.41, 5.74) is 0. The van der Waals surface area contributed by atoms with E-state index >= 15 is 0 Å². The summed E-state index contributed by atoms with van der Waals surface area (Å²) in [7, 11) is -4.17. The van der Waals surface area contributed by atoms with E-state index in [0.29, 0.717) is 0 Å². The van der Waals surface area contributed by atoms with Crippen molar-refractivity contribution in [2.75, 3.05) is 19.7 Å². The maximum atomic E-state index is 9.56. The molecule has 0 radical (unpaired) electrons. The molecule has 0 aliphatic carbocycles. The fourth-order valence-corrected chi connectivity index (χ4v) is 2.36. The molecule has 0 aliphatic heterocycles. The summed E-state index contributed by atoms with van der Waals surface area (Å²) in [4.78, 5) is 0. The normalized spacial score (nSPS) is 11.1. The molecule has 5 nitrogen and oxygen atoms in total. The fourth-order valence-electron chi connectivity index (χ4n) is 2.06. The van der Waals surface area contributed by atoms with E-state index in [1.54, 1.807) is 0 Å². The van der Waals surface area contributed by atoms with Gasteiger partial charge in [-0.1, -0.05) is 71.6 Å². The van der Waals surface area contributed by atoms with Crippen molar-refractivity contribution in [1.29, 1.82) is 0 Å². The maximum Gasteiger partial charge on any atom is 0.397 e. The first-order chi connectivity index (χ1) is 10.5. The van der Waals surface area contributed by atoms with Gasteiger partial charge >= 0.3 is 10.4 Å². The minimum Gasteiger partial charge on any atom is -0.317 e. The zero-order valence-electron chi connectivity index (χ0n) is 14.8. The molecular weight excluding hydrogens is 302 g/mol. The van der Waals surface area contributed by atoms with Gasteiger partial charge in [0.25, 0.3) is 0 Å². The highest BCUT2D eigenvalue weighted by Gasteiger charge is 1.98. The van der Waals surface area contributed by atoms with Crippen LogP contribution in [0.3, 0.4) is 0 Å². The Kier molecular flexibility index (Phi) is 20.7. The molecule has 0 bridgehead atoms. The van der Waals surface area contributed by atoms with Gasteiger partial charge in [-0.15, -0.1) is 0 Å². The van der Waals surface area contributed by atoms with Gasteiger partial charge in [-0.3, -0.25) is 4.55 Å². The Bertz CT molecular complexity index is 283. The van der Waals surface area contributed by atoms with Crippen LogP contribution in [-0.2, 0) is 14.6 Å². The smallest absolute Gasteiger partial charge is 0.317 e. The SMILES string of the molecule is CCCCCCCCCCCCNCC.CCOS(=O)(=O)O. The Morgan fingerprint density at radius 3 is 1.59 bits per heavy atom. The second kappa shape index (κ2) is 18.9. The van der Waals surface area contributed by atoms with Gasteiger partial charge < -0.3 is 5.32 Å². The van der Waals surface area contributed by atoms with Crippen molar-refractivity contribution in [3.05, 3.63) is 0 Å². The lowest BCUT2D eigenvalue weighted by atomic mass is 10.1. The van der Waals surface area contributed by atoms with Crippen molar-refractivity contribution < 1.29 is 17.2 Å². The molecule has 0 fully saturated rings. The van der Waals surface area contributed by atoms with Gasteiger partial charge in [-0.25, -0.2) is 4.18 Å². The van der Waals surface area contributed by atoms with Gasteiger partial charge in [-0.05, 0) is 26.4 Å². The molecule has 0 heterocycles. The number of nitrogens with one attached hydrogen (secondary N) is 1. The molecule has 0 saturated heterocycles. The van der Waals surface area contributed by atoms with Gasteiger partial charge in [0.2, 0.25) is 0 Å². The zero-order valence-corrected chi connectivity index (χ0v) is 15.6. The van der Waals surface area contributed by atoms with Gasteiger partial charge in [0.15, 0.2) is 0 Å². The minimum absolute atomic E-state index is 0.0289. The number of unbranched alkanes of at least 4 members (excludes halogenated alkanes) is 9. The predicted octanol–water partition coefficient (Wildman–Crippen LogP) is 4.34. The lowest BCUT2D eigenvalue weighted by Gasteiger charge is -2.02. The van der Waals surface area contributed by atoms with Crippen LogP contribution in [0.25, 0.3) is 0 Å². The average molecular weight is 340 g/mol. The van der Waals surface area contributed by atoms with Crippen molar-refractivity contribution in [2.45, 2.75) is 85.0 Å². The Morgan fingerprint density at radius 1 is 0.818 bits per heavy atom. The first kappa shape index (κ1) is 24.1. The molecule has 0 rings (SSSR count). The molecule has 0 atom stereocenters. The summed E-state index contributed by atoms with van der Waals surface area (Å²) in [6.07, 6.45) is 14.3. The van der Waals surface area contributed by atoms with Gasteiger partial charge in [-0.2, -0.15) is 8.42 Å².